The number of ketones is 1. The van der Waals surface area contributed by atoms with Crippen LogP contribution in [0.3, 0.4) is 0 Å². The van der Waals surface area contributed by atoms with E-state index in [9.17, 15) is 14.0 Å². The van der Waals surface area contributed by atoms with Crippen molar-refractivity contribution in [3.8, 4) is 11.5 Å². The minimum absolute atomic E-state index is 0.174. The number of fused-ring (bicyclic) bond motifs is 1. The number of carbonyl (C=O) groups is 2. The van der Waals surface area contributed by atoms with Crippen molar-refractivity contribution >= 4 is 17.8 Å². The van der Waals surface area contributed by atoms with Crippen molar-refractivity contribution in [1.29, 1.82) is 0 Å². The van der Waals surface area contributed by atoms with Crippen LogP contribution in [0.15, 0.2) is 66.7 Å². The fraction of sp³-hybridized carbons (Fsp3) is 0.0455. The third kappa shape index (κ3) is 3.40. The van der Waals surface area contributed by atoms with Crippen molar-refractivity contribution in [3.63, 3.8) is 0 Å². The van der Waals surface area contributed by atoms with Gasteiger partial charge in [0.1, 0.15) is 17.3 Å². The molecule has 0 aliphatic carbocycles. The Morgan fingerprint density at radius 1 is 1.18 bits per heavy atom. The predicted octanol–water partition coefficient (Wildman–Crippen LogP) is 4.36. The summed E-state index contributed by atoms with van der Waals surface area (Å²) in [6.45, 7) is 1.74. The Morgan fingerprint density at radius 3 is 2.68 bits per heavy atom. The van der Waals surface area contributed by atoms with Gasteiger partial charge in [-0.3, -0.25) is 9.78 Å². The van der Waals surface area contributed by atoms with Crippen LogP contribution in [0.5, 0.6) is 11.5 Å². The Balaban J connectivity index is 1.60. The van der Waals surface area contributed by atoms with E-state index < -0.39 is 11.8 Å². The second-order valence-corrected chi connectivity index (χ2v) is 6.24. The third-order valence-corrected chi connectivity index (χ3v) is 4.22. The quantitative estimate of drug-likeness (QED) is 0.386. The van der Waals surface area contributed by atoms with Crippen molar-refractivity contribution in [3.05, 3.63) is 94.8 Å². The Labute approximate surface area is 160 Å². The SMILES string of the molecule is Cc1cc(OC(=O)c2ccc(F)cc2)cc2c1C(=O)/C(=C/c1cccnc1)O2. The van der Waals surface area contributed by atoms with Gasteiger partial charge in [-0.2, -0.15) is 0 Å². The van der Waals surface area contributed by atoms with Crippen LogP contribution in [0, 0.1) is 12.7 Å². The second kappa shape index (κ2) is 7.08. The van der Waals surface area contributed by atoms with E-state index in [1.54, 1.807) is 37.5 Å². The van der Waals surface area contributed by atoms with Gasteiger partial charge in [-0.05, 0) is 60.5 Å². The van der Waals surface area contributed by atoms with Crippen LogP contribution in [0.4, 0.5) is 4.39 Å². The summed E-state index contributed by atoms with van der Waals surface area (Å²) >= 11 is 0. The number of carbonyl (C=O) groups excluding carboxylic acids is 2. The largest absolute Gasteiger partial charge is 0.452 e. The molecule has 0 saturated heterocycles. The molecule has 0 saturated carbocycles. The highest BCUT2D eigenvalue weighted by Gasteiger charge is 2.30. The van der Waals surface area contributed by atoms with Gasteiger partial charge in [0.25, 0.3) is 0 Å². The molecule has 28 heavy (non-hydrogen) atoms. The molecule has 0 fully saturated rings. The molecule has 0 amide bonds. The fourth-order valence-electron chi connectivity index (χ4n) is 2.90. The Kier molecular flexibility index (Phi) is 4.45. The van der Waals surface area contributed by atoms with Crippen molar-refractivity contribution in [2.24, 2.45) is 0 Å². The van der Waals surface area contributed by atoms with Crippen molar-refractivity contribution in [1.82, 2.24) is 4.98 Å². The van der Waals surface area contributed by atoms with Gasteiger partial charge in [0.2, 0.25) is 5.78 Å². The number of ether oxygens (including phenoxy) is 2. The Morgan fingerprint density at radius 2 is 1.96 bits per heavy atom. The van der Waals surface area contributed by atoms with Crippen molar-refractivity contribution in [2.75, 3.05) is 0 Å². The lowest BCUT2D eigenvalue weighted by atomic mass is 10.0. The van der Waals surface area contributed by atoms with Crippen molar-refractivity contribution in [2.45, 2.75) is 6.92 Å². The summed E-state index contributed by atoms with van der Waals surface area (Å²) in [5.74, 6) is -0.580. The summed E-state index contributed by atoms with van der Waals surface area (Å²) < 4.78 is 24.0. The Bertz CT molecular complexity index is 1110. The monoisotopic (exact) mass is 375 g/mol. The van der Waals surface area contributed by atoms with E-state index in [1.807, 2.05) is 6.07 Å². The lowest BCUT2D eigenvalue weighted by Gasteiger charge is -2.07. The van der Waals surface area contributed by atoms with Crippen LogP contribution >= 0.6 is 0 Å². The van der Waals surface area contributed by atoms with E-state index in [2.05, 4.69) is 4.98 Å². The van der Waals surface area contributed by atoms with E-state index in [4.69, 9.17) is 9.47 Å². The Hall–Kier alpha value is -3.80. The van der Waals surface area contributed by atoms with Gasteiger partial charge in [0.15, 0.2) is 5.76 Å². The molecule has 0 unspecified atom stereocenters. The van der Waals surface area contributed by atoms with Gasteiger partial charge in [0.05, 0.1) is 11.1 Å². The number of aryl methyl sites for hydroxylation is 1. The summed E-state index contributed by atoms with van der Waals surface area (Å²) in [5.41, 5.74) is 2.00. The molecule has 3 aromatic rings. The van der Waals surface area contributed by atoms with Gasteiger partial charge < -0.3 is 9.47 Å². The molecule has 1 aliphatic heterocycles. The van der Waals surface area contributed by atoms with Gasteiger partial charge in [-0.15, -0.1) is 0 Å². The van der Waals surface area contributed by atoms with Crippen LogP contribution in [0.25, 0.3) is 6.08 Å². The summed E-state index contributed by atoms with van der Waals surface area (Å²) in [5, 5.41) is 0. The number of hydrogen-bond donors (Lipinski definition) is 0. The molecule has 4 rings (SSSR count). The number of benzene rings is 2. The first-order valence-electron chi connectivity index (χ1n) is 8.48. The molecule has 0 bridgehead atoms. The lowest BCUT2D eigenvalue weighted by molar-refractivity contribution is 0.0734. The molecule has 1 aromatic heterocycles. The molecule has 0 radical (unpaired) electrons. The zero-order valence-electron chi connectivity index (χ0n) is 14.8. The molecule has 2 aromatic carbocycles. The maximum Gasteiger partial charge on any atom is 0.343 e. The zero-order valence-corrected chi connectivity index (χ0v) is 14.8. The number of aromatic nitrogens is 1. The highest BCUT2D eigenvalue weighted by Crippen LogP contribution is 2.37. The predicted molar refractivity (Wildman–Crippen MR) is 99.7 cm³/mol. The van der Waals surface area contributed by atoms with Crippen LogP contribution in [0.2, 0.25) is 0 Å². The lowest BCUT2D eigenvalue weighted by Crippen LogP contribution is -2.08. The van der Waals surface area contributed by atoms with E-state index in [1.165, 1.54) is 30.3 Å². The van der Waals surface area contributed by atoms with E-state index in [0.29, 0.717) is 16.9 Å². The number of allylic oxidation sites excluding steroid dienone is 1. The molecule has 2 heterocycles. The number of halogens is 1. The maximum absolute atomic E-state index is 13.0. The van der Waals surface area contributed by atoms with E-state index >= 15 is 0 Å². The first-order valence-corrected chi connectivity index (χ1v) is 8.48. The van der Waals surface area contributed by atoms with E-state index in [0.717, 1.165) is 5.56 Å². The molecule has 1 aliphatic rings. The number of hydrogen-bond acceptors (Lipinski definition) is 5. The molecule has 5 nitrogen and oxygen atoms in total. The van der Waals surface area contributed by atoms with Gasteiger partial charge in [-0.1, -0.05) is 6.07 Å². The summed E-state index contributed by atoms with van der Waals surface area (Å²) in [6.07, 6.45) is 4.87. The van der Waals surface area contributed by atoms with Crippen LogP contribution < -0.4 is 9.47 Å². The highest BCUT2D eigenvalue weighted by atomic mass is 19.1. The average molecular weight is 375 g/mol. The first-order chi connectivity index (χ1) is 13.5. The minimum Gasteiger partial charge on any atom is -0.452 e. The van der Waals surface area contributed by atoms with E-state index in [-0.39, 0.29) is 22.9 Å². The highest BCUT2D eigenvalue weighted by molar-refractivity contribution is 6.15. The number of nitrogens with zero attached hydrogens (tertiary/aromatic N) is 1. The maximum atomic E-state index is 13.0. The standard InChI is InChI=1S/C22H14FNO4/c1-13-9-17(27-22(26)15-4-6-16(23)7-5-15)11-18-20(13)21(25)19(28-18)10-14-3-2-8-24-12-14/h2-12H,1H3/b19-10-. The summed E-state index contributed by atoms with van der Waals surface area (Å²) in [4.78, 5) is 28.9. The summed E-state index contributed by atoms with van der Waals surface area (Å²) in [7, 11) is 0. The summed E-state index contributed by atoms with van der Waals surface area (Å²) in [6, 6.07) is 11.7. The van der Waals surface area contributed by atoms with Gasteiger partial charge in [0, 0.05) is 18.5 Å². The third-order valence-electron chi connectivity index (χ3n) is 4.22. The van der Waals surface area contributed by atoms with Crippen molar-refractivity contribution < 1.29 is 23.5 Å². The molecule has 6 heteroatoms. The number of rotatable bonds is 3. The van der Waals surface area contributed by atoms with Crippen LogP contribution in [-0.4, -0.2) is 16.7 Å². The topological polar surface area (TPSA) is 65.5 Å². The zero-order chi connectivity index (χ0) is 19.7. The first kappa shape index (κ1) is 17.6. The minimum atomic E-state index is -0.630. The number of esters is 1. The van der Waals surface area contributed by atoms with Crippen LogP contribution in [-0.2, 0) is 0 Å². The fourth-order valence-corrected chi connectivity index (χ4v) is 2.90. The number of Topliss-reactive ketones (excluding diaryl/α,β-unsaturated/α-hetero) is 1. The van der Waals surface area contributed by atoms with Crippen LogP contribution in [0.1, 0.15) is 31.8 Å². The van der Waals surface area contributed by atoms with Gasteiger partial charge >= 0.3 is 5.97 Å². The average Bonchev–Trinajstić information content (AvgIpc) is 2.99. The number of pyridine rings is 1. The molecule has 0 atom stereocenters. The van der Waals surface area contributed by atoms with Gasteiger partial charge in [-0.25, -0.2) is 9.18 Å². The second-order valence-electron chi connectivity index (χ2n) is 6.24. The molecular weight excluding hydrogens is 361 g/mol. The molecular formula is C22H14FNO4. The smallest absolute Gasteiger partial charge is 0.343 e. The molecule has 0 spiro atoms. The molecule has 138 valence electrons. The molecule has 0 N–H and O–H groups in total. The normalized spacial score (nSPS) is 13.9.